The molecule has 0 atom stereocenters. The van der Waals surface area contributed by atoms with E-state index < -0.39 is 0 Å². The van der Waals surface area contributed by atoms with Gasteiger partial charge in [-0.05, 0) is 38.5 Å². The Bertz CT molecular complexity index is 466. The number of carbonyl (C=O) groups excluding carboxylic acids is 1. The highest BCUT2D eigenvalue weighted by Crippen LogP contribution is 2.29. The van der Waals surface area contributed by atoms with Crippen LogP contribution in [0.1, 0.15) is 36.3 Å². The fraction of sp³-hybridized carbons (Fsp3) is 0.714. The van der Waals surface area contributed by atoms with Crippen LogP contribution >= 0.6 is 36.2 Å². The number of hydrogen-bond donors (Lipinski definition) is 2. The number of rotatable bonds is 3. The van der Waals surface area contributed by atoms with E-state index in [4.69, 9.17) is 5.73 Å². The standard InChI is InChI=1S/C14H22N4OS.2ClH/c15-10-5-7-18(8-6-10)9-13(19)17-14-16-11-3-1-2-4-12(11)20-14;;/h10H,1-9,15H2,(H,16,17,19);2*1H. The molecule has 1 saturated heterocycles. The Morgan fingerprint density at radius 1 is 1.27 bits per heavy atom. The second kappa shape index (κ2) is 9.03. The van der Waals surface area contributed by atoms with Crippen LogP contribution in [0.4, 0.5) is 5.13 Å². The number of likely N-dealkylation sites (tertiary alicyclic amines) is 1. The monoisotopic (exact) mass is 366 g/mol. The van der Waals surface area contributed by atoms with Gasteiger partial charge >= 0.3 is 0 Å². The second-order valence-electron chi connectivity index (χ2n) is 5.76. The zero-order valence-electron chi connectivity index (χ0n) is 12.5. The van der Waals surface area contributed by atoms with Gasteiger partial charge in [0.05, 0.1) is 12.2 Å². The van der Waals surface area contributed by atoms with Crippen LogP contribution in [0.15, 0.2) is 0 Å². The van der Waals surface area contributed by atoms with Crippen molar-refractivity contribution in [2.24, 2.45) is 5.73 Å². The molecule has 2 aliphatic rings. The normalized spacial score (nSPS) is 18.8. The SMILES string of the molecule is Cl.Cl.NC1CCN(CC(=O)Nc2nc3c(s2)CCCC3)CC1. The van der Waals surface area contributed by atoms with Crippen LogP contribution in [0.25, 0.3) is 0 Å². The first-order valence-corrected chi connectivity index (χ1v) is 8.29. The van der Waals surface area contributed by atoms with Gasteiger partial charge in [0.1, 0.15) is 0 Å². The predicted octanol–water partition coefficient (Wildman–Crippen LogP) is 2.23. The largest absolute Gasteiger partial charge is 0.328 e. The summed E-state index contributed by atoms with van der Waals surface area (Å²) in [5.41, 5.74) is 7.07. The number of hydrogen-bond acceptors (Lipinski definition) is 5. The van der Waals surface area contributed by atoms with Gasteiger partial charge in [-0.15, -0.1) is 36.2 Å². The van der Waals surface area contributed by atoms with Crippen molar-refractivity contribution < 1.29 is 4.79 Å². The molecule has 1 aliphatic heterocycles. The number of amides is 1. The van der Waals surface area contributed by atoms with Crippen molar-refractivity contribution in [2.75, 3.05) is 25.0 Å². The molecule has 0 aromatic carbocycles. The number of fused-ring (bicyclic) bond motifs is 1. The van der Waals surface area contributed by atoms with E-state index in [1.54, 1.807) is 11.3 Å². The molecule has 8 heteroatoms. The lowest BCUT2D eigenvalue weighted by atomic mass is 10.0. The molecule has 3 N–H and O–H groups in total. The van der Waals surface area contributed by atoms with Crippen molar-refractivity contribution in [1.29, 1.82) is 0 Å². The molecule has 1 aromatic heterocycles. The number of carbonyl (C=O) groups is 1. The number of nitrogens with two attached hydrogens (primary N) is 1. The van der Waals surface area contributed by atoms with E-state index in [9.17, 15) is 4.79 Å². The summed E-state index contributed by atoms with van der Waals surface area (Å²) in [6.45, 7) is 2.29. The Morgan fingerprint density at radius 2 is 1.95 bits per heavy atom. The van der Waals surface area contributed by atoms with Gasteiger partial charge in [0.2, 0.25) is 5.91 Å². The van der Waals surface area contributed by atoms with Crippen LogP contribution in [0, 0.1) is 0 Å². The zero-order valence-corrected chi connectivity index (χ0v) is 15.0. The number of aromatic nitrogens is 1. The summed E-state index contributed by atoms with van der Waals surface area (Å²) in [6, 6.07) is 0.306. The topological polar surface area (TPSA) is 71.2 Å². The molecule has 1 fully saturated rings. The molecule has 0 saturated carbocycles. The van der Waals surface area contributed by atoms with Gasteiger partial charge in [-0.25, -0.2) is 4.98 Å². The summed E-state index contributed by atoms with van der Waals surface area (Å²) < 4.78 is 0. The molecule has 1 amide bonds. The van der Waals surface area contributed by atoms with Gasteiger partial charge in [-0.1, -0.05) is 0 Å². The lowest BCUT2D eigenvalue weighted by molar-refractivity contribution is -0.117. The zero-order chi connectivity index (χ0) is 13.9. The first-order valence-electron chi connectivity index (χ1n) is 7.47. The highest BCUT2D eigenvalue weighted by molar-refractivity contribution is 7.15. The molecule has 0 unspecified atom stereocenters. The van der Waals surface area contributed by atoms with Gasteiger partial charge in [0.15, 0.2) is 5.13 Å². The summed E-state index contributed by atoms with van der Waals surface area (Å²) in [5, 5.41) is 3.73. The maximum absolute atomic E-state index is 12.1. The minimum atomic E-state index is 0. The minimum absolute atomic E-state index is 0. The fourth-order valence-electron chi connectivity index (χ4n) is 2.88. The van der Waals surface area contributed by atoms with Crippen molar-refractivity contribution in [3.05, 3.63) is 10.6 Å². The van der Waals surface area contributed by atoms with Crippen LogP contribution in [0.5, 0.6) is 0 Å². The van der Waals surface area contributed by atoms with E-state index in [1.807, 2.05) is 0 Å². The van der Waals surface area contributed by atoms with Crippen LogP contribution in [-0.2, 0) is 17.6 Å². The van der Waals surface area contributed by atoms with Gasteiger partial charge in [0.25, 0.3) is 0 Å². The Labute approximate surface area is 147 Å². The lowest BCUT2D eigenvalue weighted by Crippen LogP contribution is -2.43. The summed E-state index contributed by atoms with van der Waals surface area (Å²) >= 11 is 1.64. The molecule has 1 aliphatic carbocycles. The molecule has 0 bridgehead atoms. The number of thiazole rings is 1. The summed E-state index contributed by atoms with van der Waals surface area (Å²) in [6.07, 6.45) is 6.62. The molecule has 22 heavy (non-hydrogen) atoms. The van der Waals surface area contributed by atoms with Crippen molar-refractivity contribution in [3.8, 4) is 0 Å². The van der Waals surface area contributed by atoms with Crippen LogP contribution < -0.4 is 11.1 Å². The molecular formula is C14H24Cl2N4OS. The average molecular weight is 367 g/mol. The minimum Gasteiger partial charge on any atom is -0.328 e. The third-order valence-electron chi connectivity index (χ3n) is 4.09. The van der Waals surface area contributed by atoms with E-state index >= 15 is 0 Å². The highest BCUT2D eigenvalue weighted by atomic mass is 35.5. The quantitative estimate of drug-likeness (QED) is 0.860. The van der Waals surface area contributed by atoms with Crippen molar-refractivity contribution in [3.63, 3.8) is 0 Å². The first kappa shape index (κ1) is 19.6. The number of piperidine rings is 1. The lowest BCUT2D eigenvalue weighted by Gasteiger charge is -2.29. The molecule has 1 aromatic rings. The van der Waals surface area contributed by atoms with E-state index in [1.165, 1.54) is 23.4 Å². The van der Waals surface area contributed by atoms with E-state index in [0.29, 0.717) is 12.6 Å². The van der Waals surface area contributed by atoms with Gasteiger partial charge in [0, 0.05) is 24.0 Å². The number of anilines is 1. The number of nitrogens with one attached hydrogen (secondary N) is 1. The van der Waals surface area contributed by atoms with Crippen molar-refractivity contribution in [2.45, 2.75) is 44.6 Å². The van der Waals surface area contributed by atoms with E-state index in [0.717, 1.165) is 43.9 Å². The highest BCUT2D eigenvalue weighted by Gasteiger charge is 2.20. The molecular weight excluding hydrogens is 343 g/mol. The van der Waals surface area contributed by atoms with Crippen molar-refractivity contribution in [1.82, 2.24) is 9.88 Å². The smallest absolute Gasteiger partial charge is 0.240 e. The average Bonchev–Trinajstić information content (AvgIpc) is 2.83. The summed E-state index contributed by atoms with van der Waals surface area (Å²) in [7, 11) is 0. The summed E-state index contributed by atoms with van der Waals surface area (Å²) in [4.78, 5) is 20.1. The van der Waals surface area contributed by atoms with Gasteiger partial charge in [-0.2, -0.15) is 0 Å². The Morgan fingerprint density at radius 3 is 2.64 bits per heavy atom. The molecule has 5 nitrogen and oxygen atoms in total. The van der Waals surface area contributed by atoms with Crippen LogP contribution in [0.2, 0.25) is 0 Å². The maximum atomic E-state index is 12.1. The third-order valence-corrected chi connectivity index (χ3v) is 5.16. The number of halogens is 2. The number of nitrogens with zero attached hydrogens (tertiary/aromatic N) is 2. The third kappa shape index (κ3) is 5.06. The van der Waals surface area contributed by atoms with E-state index in [2.05, 4.69) is 15.2 Å². The van der Waals surface area contributed by atoms with E-state index in [-0.39, 0.29) is 30.7 Å². The first-order chi connectivity index (χ1) is 9.70. The number of aryl methyl sites for hydroxylation is 2. The maximum Gasteiger partial charge on any atom is 0.240 e. The molecule has 3 rings (SSSR count). The van der Waals surface area contributed by atoms with Gasteiger partial charge in [-0.3, -0.25) is 9.69 Å². The molecule has 0 radical (unpaired) electrons. The van der Waals surface area contributed by atoms with Crippen LogP contribution in [-0.4, -0.2) is 41.5 Å². The Kier molecular flexibility index (Phi) is 8.07. The Hall–Kier alpha value is -0.400. The second-order valence-corrected chi connectivity index (χ2v) is 6.84. The molecule has 126 valence electrons. The predicted molar refractivity (Wildman–Crippen MR) is 95.5 cm³/mol. The van der Waals surface area contributed by atoms with Gasteiger partial charge < -0.3 is 11.1 Å². The molecule has 2 heterocycles. The van der Waals surface area contributed by atoms with Crippen molar-refractivity contribution >= 4 is 47.2 Å². The molecule has 0 spiro atoms. The van der Waals surface area contributed by atoms with Crippen LogP contribution in [0.3, 0.4) is 0 Å². The Balaban J connectivity index is 0.00000121. The summed E-state index contributed by atoms with van der Waals surface area (Å²) in [5.74, 6) is 0.0477. The fourth-order valence-corrected chi connectivity index (χ4v) is 3.94.